The van der Waals surface area contributed by atoms with Crippen LogP contribution in [0, 0.1) is 11.3 Å². The summed E-state index contributed by atoms with van der Waals surface area (Å²) in [5, 5.41) is 17.1. The molecule has 18 heavy (non-hydrogen) atoms. The van der Waals surface area contributed by atoms with Crippen molar-refractivity contribution in [1.82, 2.24) is 15.1 Å². The van der Waals surface area contributed by atoms with Crippen LogP contribution in [0.4, 0.5) is 5.82 Å². The molecule has 1 fully saturated rings. The Hall–Kier alpha value is -1.67. The molecule has 0 aliphatic carbocycles. The number of hydrogen-bond donors (Lipinski definition) is 0. The fourth-order valence-corrected chi connectivity index (χ4v) is 2.47. The number of anilines is 1. The molecule has 1 aliphatic heterocycles. The minimum absolute atomic E-state index is 0.455. The van der Waals surface area contributed by atoms with Gasteiger partial charge in [0.1, 0.15) is 6.07 Å². The van der Waals surface area contributed by atoms with Crippen LogP contribution in [0.5, 0.6) is 0 Å². The lowest BCUT2D eigenvalue weighted by atomic mass is 10.0. The van der Waals surface area contributed by atoms with Crippen LogP contribution < -0.4 is 4.90 Å². The molecule has 0 bridgehead atoms. The summed E-state index contributed by atoms with van der Waals surface area (Å²) in [4.78, 5) is 4.56. The standard InChI is InChI=1S/C13H19N5/c1-3-18-8-5-12(6-9-18)17(2)13-11(10-14)4-7-15-16-13/h4,7,12H,3,5-6,8-9H2,1-2H3. The molecule has 1 aromatic heterocycles. The zero-order valence-corrected chi connectivity index (χ0v) is 11.0. The predicted octanol–water partition coefficient (Wildman–Crippen LogP) is 1.27. The van der Waals surface area contributed by atoms with Gasteiger partial charge < -0.3 is 9.80 Å². The highest BCUT2D eigenvalue weighted by molar-refractivity contribution is 5.52. The Morgan fingerprint density at radius 3 is 2.83 bits per heavy atom. The monoisotopic (exact) mass is 245 g/mol. The van der Waals surface area contributed by atoms with E-state index in [4.69, 9.17) is 5.26 Å². The number of nitrogens with zero attached hydrogens (tertiary/aromatic N) is 5. The number of likely N-dealkylation sites (tertiary alicyclic amines) is 1. The summed E-state index contributed by atoms with van der Waals surface area (Å²) in [7, 11) is 2.01. The summed E-state index contributed by atoms with van der Waals surface area (Å²) >= 11 is 0. The Bertz CT molecular complexity index is 431. The van der Waals surface area contributed by atoms with Crippen LogP contribution >= 0.6 is 0 Å². The third-order valence-electron chi connectivity index (χ3n) is 3.71. The van der Waals surface area contributed by atoms with Crippen molar-refractivity contribution < 1.29 is 0 Å². The summed E-state index contributed by atoms with van der Waals surface area (Å²) in [6, 6.07) is 4.36. The third kappa shape index (κ3) is 2.59. The van der Waals surface area contributed by atoms with Crippen molar-refractivity contribution in [3.05, 3.63) is 17.8 Å². The number of hydrogen-bond acceptors (Lipinski definition) is 5. The van der Waals surface area contributed by atoms with Crippen LogP contribution in [0.15, 0.2) is 12.3 Å². The van der Waals surface area contributed by atoms with Gasteiger partial charge in [-0.05, 0) is 25.5 Å². The quantitative estimate of drug-likeness (QED) is 0.802. The molecule has 0 spiro atoms. The first-order chi connectivity index (χ1) is 8.76. The highest BCUT2D eigenvalue weighted by atomic mass is 15.3. The zero-order valence-electron chi connectivity index (χ0n) is 11.0. The summed E-state index contributed by atoms with van der Waals surface area (Å²) in [6.07, 6.45) is 3.80. The van der Waals surface area contributed by atoms with E-state index in [1.807, 2.05) is 7.05 Å². The highest BCUT2D eigenvalue weighted by Crippen LogP contribution is 2.22. The van der Waals surface area contributed by atoms with Gasteiger partial charge in [-0.3, -0.25) is 0 Å². The van der Waals surface area contributed by atoms with Gasteiger partial charge in [-0.25, -0.2) is 0 Å². The van der Waals surface area contributed by atoms with E-state index in [0.717, 1.165) is 32.5 Å². The van der Waals surface area contributed by atoms with Gasteiger partial charge in [-0.15, -0.1) is 5.10 Å². The van der Waals surface area contributed by atoms with Crippen LogP contribution in [-0.2, 0) is 0 Å². The van der Waals surface area contributed by atoms with E-state index >= 15 is 0 Å². The Morgan fingerprint density at radius 2 is 2.22 bits per heavy atom. The molecular formula is C13H19N5. The minimum Gasteiger partial charge on any atom is -0.354 e. The largest absolute Gasteiger partial charge is 0.354 e. The fraction of sp³-hybridized carbons (Fsp3) is 0.615. The number of piperidine rings is 1. The van der Waals surface area contributed by atoms with Gasteiger partial charge in [0.2, 0.25) is 0 Å². The predicted molar refractivity (Wildman–Crippen MR) is 70.3 cm³/mol. The van der Waals surface area contributed by atoms with Crippen molar-refractivity contribution in [2.75, 3.05) is 31.6 Å². The lowest BCUT2D eigenvalue weighted by molar-refractivity contribution is 0.220. The minimum atomic E-state index is 0.455. The number of nitriles is 1. The van der Waals surface area contributed by atoms with E-state index in [-0.39, 0.29) is 0 Å². The van der Waals surface area contributed by atoms with Gasteiger partial charge in [0.25, 0.3) is 0 Å². The Kier molecular flexibility index (Phi) is 4.11. The topological polar surface area (TPSA) is 56.1 Å². The Balaban J connectivity index is 2.08. The number of rotatable bonds is 3. The second kappa shape index (κ2) is 5.78. The molecule has 1 aromatic rings. The SMILES string of the molecule is CCN1CCC(N(C)c2nnccc2C#N)CC1. The zero-order chi connectivity index (χ0) is 13.0. The Labute approximate surface area is 108 Å². The van der Waals surface area contributed by atoms with Gasteiger partial charge >= 0.3 is 0 Å². The fourth-order valence-electron chi connectivity index (χ4n) is 2.47. The molecule has 0 saturated carbocycles. The molecule has 5 nitrogen and oxygen atoms in total. The Morgan fingerprint density at radius 1 is 1.50 bits per heavy atom. The van der Waals surface area contributed by atoms with Crippen molar-refractivity contribution in [2.24, 2.45) is 0 Å². The van der Waals surface area contributed by atoms with E-state index in [1.54, 1.807) is 12.3 Å². The summed E-state index contributed by atoms with van der Waals surface area (Å²) in [5.74, 6) is 0.704. The molecule has 1 saturated heterocycles. The van der Waals surface area contributed by atoms with E-state index in [1.165, 1.54) is 0 Å². The van der Waals surface area contributed by atoms with E-state index < -0.39 is 0 Å². The molecule has 0 unspecified atom stereocenters. The van der Waals surface area contributed by atoms with Crippen LogP contribution in [0.2, 0.25) is 0 Å². The molecular weight excluding hydrogens is 226 g/mol. The number of aromatic nitrogens is 2. The second-order valence-electron chi connectivity index (χ2n) is 4.66. The molecule has 2 heterocycles. The maximum absolute atomic E-state index is 9.09. The van der Waals surface area contributed by atoms with E-state index in [9.17, 15) is 0 Å². The maximum atomic E-state index is 9.09. The summed E-state index contributed by atoms with van der Waals surface area (Å²) < 4.78 is 0. The van der Waals surface area contributed by atoms with Crippen LogP contribution in [0.3, 0.4) is 0 Å². The van der Waals surface area contributed by atoms with Gasteiger partial charge in [0, 0.05) is 26.2 Å². The van der Waals surface area contributed by atoms with Crippen molar-refractivity contribution >= 4 is 5.82 Å². The van der Waals surface area contributed by atoms with Crippen molar-refractivity contribution in [3.8, 4) is 6.07 Å². The average molecular weight is 245 g/mol. The smallest absolute Gasteiger partial charge is 0.169 e. The molecule has 0 radical (unpaired) electrons. The summed E-state index contributed by atoms with van der Waals surface area (Å²) in [6.45, 7) is 5.55. The summed E-state index contributed by atoms with van der Waals surface area (Å²) in [5.41, 5.74) is 0.602. The molecule has 0 N–H and O–H groups in total. The highest BCUT2D eigenvalue weighted by Gasteiger charge is 2.24. The maximum Gasteiger partial charge on any atom is 0.169 e. The van der Waals surface area contributed by atoms with Crippen molar-refractivity contribution in [1.29, 1.82) is 5.26 Å². The second-order valence-corrected chi connectivity index (χ2v) is 4.66. The molecule has 0 amide bonds. The van der Waals surface area contributed by atoms with Gasteiger partial charge in [-0.2, -0.15) is 10.4 Å². The van der Waals surface area contributed by atoms with Crippen molar-refractivity contribution in [2.45, 2.75) is 25.8 Å². The van der Waals surface area contributed by atoms with E-state index in [2.05, 4.69) is 33.0 Å². The first-order valence-electron chi connectivity index (χ1n) is 6.43. The van der Waals surface area contributed by atoms with Gasteiger partial charge in [-0.1, -0.05) is 6.92 Å². The first-order valence-corrected chi connectivity index (χ1v) is 6.43. The lowest BCUT2D eigenvalue weighted by Crippen LogP contribution is -2.43. The van der Waals surface area contributed by atoms with Crippen molar-refractivity contribution in [3.63, 3.8) is 0 Å². The van der Waals surface area contributed by atoms with Crippen LogP contribution in [0.1, 0.15) is 25.3 Å². The third-order valence-corrected chi connectivity index (χ3v) is 3.71. The average Bonchev–Trinajstić information content (AvgIpc) is 2.46. The molecule has 0 atom stereocenters. The molecule has 96 valence electrons. The lowest BCUT2D eigenvalue weighted by Gasteiger charge is -2.36. The van der Waals surface area contributed by atoms with Gasteiger partial charge in [0.05, 0.1) is 11.8 Å². The first kappa shape index (κ1) is 12.8. The molecule has 2 rings (SSSR count). The van der Waals surface area contributed by atoms with E-state index in [0.29, 0.717) is 17.4 Å². The molecule has 0 aromatic carbocycles. The molecule has 5 heteroatoms. The normalized spacial score (nSPS) is 17.4. The van der Waals surface area contributed by atoms with Crippen LogP contribution in [-0.4, -0.2) is 47.8 Å². The molecule has 1 aliphatic rings. The van der Waals surface area contributed by atoms with Crippen LogP contribution in [0.25, 0.3) is 0 Å². The van der Waals surface area contributed by atoms with Gasteiger partial charge in [0.15, 0.2) is 5.82 Å².